The van der Waals surface area contributed by atoms with Crippen LogP contribution < -0.4 is 0 Å². The third-order valence-corrected chi connectivity index (χ3v) is 4.20. The summed E-state index contributed by atoms with van der Waals surface area (Å²) in [6.45, 7) is 7.00. The van der Waals surface area contributed by atoms with Gasteiger partial charge in [0.05, 0.1) is 0 Å². The van der Waals surface area contributed by atoms with Crippen molar-refractivity contribution in [1.29, 1.82) is 0 Å². The van der Waals surface area contributed by atoms with Crippen molar-refractivity contribution in [3.63, 3.8) is 0 Å². The van der Waals surface area contributed by atoms with E-state index >= 15 is 0 Å². The van der Waals surface area contributed by atoms with Crippen LogP contribution in [0.5, 0.6) is 0 Å². The van der Waals surface area contributed by atoms with Gasteiger partial charge in [0.25, 0.3) is 0 Å². The molecule has 0 saturated heterocycles. The highest BCUT2D eigenvalue weighted by Gasteiger charge is 2.40. The molecule has 0 amide bonds. The highest BCUT2D eigenvalue weighted by molar-refractivity contribution is 9.09. The number of hydrogen-bond acceptors (Lipinski definition) is 0. The minimum absolute atomic E-state index is 0.526. The van der Waals surface area contributed by atoms with E-state index in [0.29, 0.717) is 5.41 Å². The van der Waals surface area contributed by atoms with Gasteiger partial charge in [-0.25, -0.2) is 0 Å². The maximum Gasteiger partial charge on any atom is 0.00648 e. The molecule has 0 aromatic rings. The fourth-order valence-electron chi connectivity index (χ4n) is 2.30. The molecule has 2 atom stereocenters. The molecule has 0 nitrogen and oxygen atoms in total. The lowest BCUT2D eigenvalue weighted by Gasteiger charge is -2.31. The van der Waals surface area contributed by atoms with Gasteiger partial charge in [-0.3, -0.25) is 0 Å². The Labute approximate surface area is 78.9 Å². The molecule has 0 bridgehead atoms. The Bertz CT molecular complexity index is 115. The normalized spacial score (nSPS) is 36.0. The maximum absolute atomic E-state index is 3.59. The van der Waals surface area contributed by atoms with Crippen molar-refractivity contribution in [2.45, 2.75) is 33.6 Å². The van der Waals surface area contributed by atoms with E-state index in [4.69, 9.17) is 0 Å². The van der Waals surface area contributed by atoms with Gasteiger partial charge in [0.15, 0.2) is 0 Å². The largest absolute Gasteiger partial charge is 0.0925 e. The Balaban J connectivity index is 2.64. The summed E-state index contributed by atoms with van der Waals surface area (Å²) in [4.78, 5) is 0. The maximum atomic E-state index is 3.59. The van der Waals surface area contributed by atoms with Crippen molar-refractivity contribution in [1.82, 2.24) is 0 Å². The first kappa shape index (κ1) is 9.57. The van der Waals surface area contributed by atoms with Crippen LogP contribution in [0.1, 0.15) is 33.6 Å². The lowest BCUT2D eigenvalue weighted by Crippen LogP contribution is -2.25. The minimum Gasteiger partial charge on any atom is -0.0925 e. The summed E-state index contributed by atoms with van der Waals surface area (Å²) >= 11 is 3.59. The molecule has 0 aromatic carbocycles. The van der Waals surface area contributed by atoms with Gasteiger partial charge in [-0.1, -0.05) is 36.7 Å². The van der Waals surface area contributed by atoms with Crippen molar-refractivity contribution >= 4 is 15.9 Å². The van der Waals surface area contributed by atoms with E-state index in [9.17, 15) is 0 Å². The van der Waals surface area contributed by atoms with Crippen molar-refractivity contribution in [3.05, 3.63) is 6.42 Å². The van der Waals surface area contributed by atoms with Gasteiger partial charge >= 0.3 is 0 Å². The summed E-state index contributed by atoms with van der Waals surface area (Å²) < 4.78 is 0. The zero-order valence-corrected chi connectivity index (χ0v) is 9.32. The van der Waals surface area contributed by atoms with Crippen molar-refractivity contribution in [2.75, 3.05) is 5.33 Å². The average Bonchev–Trinajstić information content (AvgIpc) is 2.24. The van der Waals surface area contributed by atoms with E-state index in [1.165, 1.54) is 18.2 Å². The minimum atomic E-state index is 0.526. The Morgan fingerprint density at radius 1 is 1.45 bits per heavy atom. The van der Waals surface area contributed by atoms with Gasteiger partial charge in [0, 0.05) is 5.33 Å². The van der Waals surface area contributed by atoms with E-state index in [2.05, 4.69) is 43.1 Å². The van der Waals surface area contributed by atoms with Crippen LogP contribution in [-0.4, -0.2) is 5.33 Å². The standard InChI is InChI=1S/C10H18Br/c1-4-8-5-6-9(7-11)10(8,2)3/h4,8-9H,5-7H2,1-3H3. The van der Waals surface area contributed by atoms with Crippen LogP contribution >= 0.6 is 15.9 Å². The topological polar surface area (TPSA) is 0 Å². The second-order valence-electron chi connectivity index (χ2n) is 4.19. The third-order valence-electron chi connectivity index (χ3n) is 3.42. The van der Waals surface area contributed by atoms with Crippen LogP contribution in [0.3, 0.4) is 0 Å². The molecule has 11 heavy (non-hydrogen) atoms. The van der Waals surface area contributed by atoms with E-state index in [1.54, 1.807) is 0 Å². The van der Waals surface area contributed by atoms with Gasteiger partial charge in [0.2, 0.25) is 0 Å². The SMILES string of the molecule is C[CH]C1CCC(CBr)C1(C)C. The first-order valence-corrected chi connectivity index (χ1v) is 5.60. The van der Waals surface area contributed by atoms with Crippen LogP contribution in [0.2, 0.25) is 0 Å². The molecule has 1 rings (SSSR count). The number of alkyl halides is 1. The summed E-state index contributed by atoms with van der Waals surface area (Å²) in [5, 5.41) is 1.17. The predicted molar refractivity (Wildman–Crippen MR) is 53.8 cm³/mol. The molecule has 1 aliphatic carbocycles. The molecule has 0 heterocycles. The molecular formula is C10H18Br. The molecule has 0 spiro atoms. The molecule has 0 aliphatic heterocycles. The molecule has 0 aromatic heterocycles. The zero-order valence-electron chi connectivity index (χ0n) is 7.73. The molecule has 1 radical (unpaired) electrons. The van der Waals surface area contributed by atoms with Crippen LogP contribution in [0, 0.1) is 23.7 Å². The predicted octanol–water partition coefficient (Wildman–Crippen LogP) is 3.66. The second kappa shape index (κ2) is 3.47. The fourth-order valence-corrected chi connectivity index (χ4v) is 3.46. The summed E-state index contributed by atoms with van der Waals surface area (Å²) in [7, 11) is 0. The molecule has 65 valence electrons. The molecule has 2 unspecified atom stereocenters. The fraction of sp³-hybridized carbons (Fsp3) is 0.900. The van der Waals surface area contributed by atoms with Crippen LogP contribution in [0.15, 0.2) is 0 Å². The van der Waals surface area contributed by atoms with Crippen molar-refractivity contribution in [3.8, 4) is 0 Å². The van der Waals surface area contributed by atoms with E-state index < -0.39 is 0 Å². The Morgan fingerprint density at radius 2 is 2.09 bits per heavy atom. The van der Waals surface area contributed by atoms with E-state index in [1.807, 2.05) is 0 Å². The molecule has 1 fully saturated rings. The Hall–Kier alpha value is 0.480. The van der Waals surface area contributed by atoms with E-state index in [0.717, 1.165) is 11.8 Å². The van der Waals surface area contributed by atoms with Gasteiger partial charge in [-0.2, -0.15) is 0 Å². The lowest BCUT2D eigenvalue weighted by atomic mass is 9.75. The summed E-state index contributed by atoms with van der Waals surface area (Å²) in [6.07, 6.45) is 5.16. The average molecular weight is 218 g/mol. The molecule has 1 aliphatic rings. The van der Waals surface area contributed by atoms with Crippen molar-refractivity contribution in [2.24, 2.45) is 17.3 Å². The Kier molecular flexibility index (Phi) is 3.02. The summed E-state index contributed by atoms with van der Waals surface area (Å²) in [5.41, 5.74) is 0.526. The lowest BCUT2D eigenvalue weighted by molar-refractivity contribution is 0.226. The van der Waals surface area contributed by atoms with Gasteiger partial charge in [0.1, 0.15) is 0 Å². The second-order valence-corrected chi connectivity index (χ2v) is 4.84. The van der Waals surface area contributed by atoms with E-state index in [-0.39, 0.29) is 0 Å². The van der Waals surface area contributed by atoms with Gasteiger partial charge in [-0.15, -0.1) is 0 Å². The zero-order chi connectivity index (χ0) is 8.48. The summed E-state index contributed by atoms with van der Waals surface area (Å²) in [5.74, 6) is 1.72. The first-order chi connectivity index (χ1) is 5.12. The summed E-state index contributed by atoms with van der Waals surface area (Å²) in [6, 6.07) is 0. The number of rotatable bonds is 2. The van der Waals surface area contributed by atoms with Crippen molar-refractivity contribution < 1.29 is 0 Å². The highest BCUT2D eigenvalue weighted by Crippen LogP contribution is 2.48. The first-order valence-electron chi connectivity index (χ1n) is 4.48. The highest BCUT2D eigenvalue weighted by atomic mass is 79.9. The van der Waals surface area contributed by atoms with Gasteiger partial charge in [-0.05, 0) is 36.5 Å². The van der Waals surface area contributed by atoms with Crippen LogP contribution in [0.25, 0.3) is 0 Å². The smallest absolute Gasteiger partial charge is 0.00648 e. The molecular weight excluding hydrogens is 200 g/mol. The molecule has 1 heteroatoms. The number of hydrogen-bond donors (Lipinski definition) is 0. The quantitative estimate of drug-likeness (QED) is 0.620. The molecule has 1 saturated carbocycles. The van der Waals surface area contributed by atoms with Gasteiger partial charge < -0.3 is 0 Å². The Morgan fingerprint density at radius 3 is 2.36 bits per heavy atom. The number of halogens is 1. The van der Waals surface area contributed by atoms with Crippen LogP contribution in [0.4, 0.5) is 0 Å². The third kappa shape index (κ3) is 1.63. The van der Waals surface area contributed by atoms with Crippen LogP contribution in [-0.2, 0) is 0 Å². The monoisotopic (exact) mass is 217 g/mol. The molecule has 0 N–H and O–H groups in total.